The number of urea groups is 1. The molecule has 0 spiro atoms. The molecule has 1 fully saturated rings. The monoisotopic (exact) mass is 517 g/mol. The number of fused-ring (bicyclic) bond motifs is 2. The van der Waals surface area contributed by atoms with Gasteiger partial charge in [0.25, 0.3) is 5.91 Å². The summed E-state index contributed by atoms with van der Waals surface area (Å²) in [6, 6.07) is 9.33. The molecule has 2 N–H and O–H groups in total. The van der Waals surface area contributed by atoms with Crippen molar-refractivity contribution in [1.29, 1.82) is 0 Å². The van der Waals surface area contributed by atoms with Crippen LogP contribution in [-0.4, -0.2) is 69.1 Å². The highest BCUT2D eigenvalue weighted by Crippen LogP contribution is 2.33. The van der Waals surface area contributed by atoms with Gasteiger partial charge >= 0.3 is 6.03 Å². The molecular weight excluding hydrogens is 485 g/mol. The van der Waals surface area contributed by atoms with Crippen LogP contribution in [0.15, 0.2) is 42.7 Å². The molecule has 0 saturated carbocycles. The number of hydrogen-bond donors (Lipinski definition) is 2. The van der Waals surface area contributed by atoms with Crippen molar-refractivity contribution in [2.24, 2.45) is 0 Å². The van der Waals surface area contributed by atoms with E-state index in [0.29, 0.717) is 45.6 Å². The molecule has 0 atom stereocenters. The topological polar surface area (TPSA) is 97.5 Å². The van der Waals surface area contributed by atoms with Gasteiger partial charge in [0.1, 0.15) is 0 Å². The molecule has 1 saturated heterocycles. The van der Waals surface area contributed by atoms with Crippen LogP contribution in [0.25, 0.3) is 0 Å². The first-order chi connectivity index (χ1) is 18.3. The van der Waals surface area contributed by atoms with Crippen LogP contribution in [0.2, 0.25) is 0 Å². The lowest BCUT2D eigenvalue weighted by Crippen LogP contribution is -2.49. The van der Waals surface area contributed by atoms with Gasteiger partial charge in [-0.1, -0.05) is 32.0 Å². The molecule has 10 heteroatoms. The van der Waals surface area contributed by atoms with Gasteiger partial charge in [0, 0.05) is 67.3 Å². The maximum atomic E-state index is 15.8. The van der Waals surface area contributed by atoms with Crippen molar-refractivity contribution >= 4 is 23.4 Å². The average molecular weight is 518 g/mol. The number of pyridine rings is 1. The molecule has 38 heavy (non-hydrogen) atoms. The summed E-state index contributed by atoms with van der Waals surface area (Å²) in [7, 11) is 0. The molecule has 0 radical (unpaired) electrons. The van der Waals surface area contributed by atoms with E-state index < -0.39 is 5.82 Å². The van der Waals surface area contributed by atoms with Crippen LogP contribution in [-0.2, 0) is 18.4 Å². The molecule has 0 unspecified atom stereocenters. The Morgan fingerprint density at radius 1 is 1.11 bits per heavy atom. The first-order valence-electron chi connectivity index (χ1n) is 13.2. The van der Waals surface area contributed by atoms with E-state index in [1.807, 2.05) is 47.9 Å². The molecule has 5 heterocycles. The molecule has 198 valence electrons. The lowest BCUT2D eigenvalue weighted by atomic mass is 9.83. The van der Waals surface area contributed by atoms with Crippen molar-refractivity contribution in [3.63, 3.8) is 0 Å². The molecule has 3 amide bonds. The van der Waals surface area contributed by atoms with Crippen LogP contribution >= 0.6 is 0 Å². The van der Waals surface area contributed by atoms with Crippen molar-refractivity contribution in [2.45, 2.75) is 51.1 Å². The SMILES string of the molecule is CC1(C)CN(C(=O)c2ccnc(N3CCC(N4CCc5ccccc5NC4=O)CC3)c2F)Cc2cn[nH]c21. The predicted molar refractivity (Wildman–Crippen MR) is 142 cm³/mol. The van der Waals surface area contributed by atoms with Crippen molar-refractivity contribution in [1.82, 2.24) is 25.0 Å². The highest BCUT2D eigenvalue weighted by atomic mass is 19.1. The van der Waals surface area contributed by atoms with Gasteiger partial charge in [0.2, 0.25) is 0 Å². The number of nitrogens with zero attached hydrogens (tertiary/aromatic N) is 5. The van der Waals surface area contributed by atoms with E-state index in [4.69, 9.17) is 0 Å². The lowest BCUT2D eigenvalue weighted by Gasteiger charge is -2.39. The number of benzene rings is 1. The molecule has 9 nitrogen and oxygen atoms in total. The van der Waals surface area contributed by atoms with Gasteiger partial charge in [-0.25, -0.2) is 14.2 Å². The van der Waals surface area contributed by atoms with Gasteiger partial charge in [0.05, 0.1) is 11.8 Å². The van der Waals surface area contributed by atoms with Gasteiger partial charge in [-0.05, 0) is 37.0 Å². The summed E-state index contributed by atoms with van der Waals surface area (Å²) < 4.78 is 15.8. The van der Waals surface area contributed by atoms with Crippen LogP contribution in [0, 0.1) is 5.82 Å². The van der Waals surface area contributed by atoms with E-state index in [1.165, 1.54) is 12.3 Å². The molecule has 3 aromatic rings. The normalized spacial score (nSPS) is 19.4. The average Bonchev–Trinajstić information content (AvgIpc) is 3.33. The van der Waals surface area contributed by atoms with E-state index >= 15 is 4.39 Å². The van der Waals surface area contributed by atoms with E-state index in [9.17, 15) is 9.59 Å². The largest absolute Gasteiger partial charge is 0.354 e. The number of amides is 3. The predicted octanol–water partition coefficient (Wildman–Crippen LogP) is 3.94. The van der Waals surface area contributed by atoms with E-state index in [0.717, 1.165) is 28.9 Å². The third-order valence-electron chi connectivity index (χ3n) is 8.08. The Balaban J connectivity index is 1.14. The Morgan fingerprint density at radius 3 is 2.71 bits per heavy atom. The number of para-hydroxylation sites is 1. The first kappa shape index (κ1) is 24.4. The van der Waals surface area contributed by atoms with Gasteiger partial charge in [-0.15, -0.1) is 0 Å². The Labute approximate surface area is 221 Å². The summed E-state index contributed by atoms with van der Waals surface area (Å²) in [4.78, 5) is 36.2. The van der Waals surface area contributed by atoms with Crippen LogP contribution in [0.4, 0.5) is 20.7 Å². The minimum Gasteiger partial charge on any atom is -0.354 e. The molecule has 0 aliphatic carbocycles. The number of H-pyrrole nitrogens is 1. The van der Waals surface area contributed by atoms with Crippen LogP contribution < -0.4 is 10.2 Å². The van der Waals surface area contributed by atoms with Crippen molar-refractivity contribution in [3.05, 3.63) is 70.9 Å². The Kier molecular flexibility index (Phi) is 6.04. The number of piperidine rings is 1. The maximum Gasteiger partial charge on any atom is 0.322 e. The molecule has 3 aliphatic heterocycles. The summed E-state index contributed by atoms with van der Waals surface area (Å²) in [6.07, 6.45) is 5.44. The van der Waals surface area contributed by atoms with Crippen molar-refractivity contribution in [3.8, 4) is 0 Å². The minimum absolute atomic E-state index is 0.0320. The van der Waals surface area contributed by atoms with E-state index in [2.05, 4.69) is 20.5 Å². The standard InChI is InChI=1S/C28H32FN7O2/c1-28(2)17-35(16-19-15-31-33-24(19)28)26(37)21-7-11-30-25(23(21)29)34-12-9-20(10-13-34)36-14-8-18-5-3-4-6-22(18)32-27(36)38/h3-7,11,15,20H,8-10,12-14,16-17H2,1-2H3,(H,31,33)(H,32,38). The number of halogens is 1. The van der Waals surface area contributed by atoms with Crippen LogP contribution in [0.1, 0.15) is 53.9 Å². The molecule has 2 aromatic heterocycles. The van der Waals surface area contributed by atoms with Gasteiger partial charge in [0.15, 0.2) is 11.6 Å². The van der Waals surface area contributed by atoms with E-state index in [1.54, 1.807) is 11.1 Å². The summed E-state index contributed by atoms with van der Waals surface area (Å²) in [5.74, 6) is -0.737. The number of hydrogen-bond acceptors (Lipinski definition) is 5. The molecule has 3 aliphatic rings. The van der Waals surface area contributed by atoms with Gasteiger partial charge in [-0.3, -0.25) is 9.89 Å². The highest BCUT2D eigenvalue weighted by molar-refractivity contribution is 5.95. The van der Waals surface area contributed by atoms with Crippen LogP contribution in [0.5, 0.6) is 0 Å². The molecule has 6 rings (SSSR count). The highest BCUT2D eigenvalue weighted by Gasteiger charge is 2.37. The quantitative estimate of drug-likeness (QED) is 0.549. The smallest absolute Gasteiger partial charge is 0.322 e. The fraction of sp³-hybridized carbons (Fsp3) is 0.429. The second kappa shape index (κ2) is 9.41. The molecular formula is C28H32FN7O2. The Bertz CT molecular complexity index is 1380. The fourth-order valence-electron chi connectivity index (χ4n) is 6.09. The number of carbonyl (C=O) groups excluding carboxylic acids is 2. The lowest BCUT2D eigenvalue weighted by molar-refractivity contribution is 0.0679. The summed E-state index contributed by atoms with van der Waals surface area (Å²) in [5.41, 5.74) is 3.69. The Morgan fingerprint density at radius 2 is 1.89 bits per heavy atom. The first-order valence-corrected chi connectivity index (χ1v) is 13.2. The zero-order valence-electron chi connectivity index (χ0n) is 21.7. The number of nitrogens with one attached hydrogen (secondary N) is 2. The third kappa shape index (κ3) is 4.27. The van der Waals surface area contributed by atoms with Gasteiger partial charge in [-0.2, -0.15) is 5.10 Å². The zero-order chi connectivity index (χ0) is 26.4. The number of carbonyl (C=O) groups is 2. The number of rotatable bonds is 3. The minimum atomic E-state index is -0.588. The number of aromatic nitrogens is 3. The second-order valence-electron chi connectivity index (χ2n) is 11.1. The number of anilines is 2. The summed E-state index contributed by atoms with van der Waals surface area (Å²) >= 11 is 0. The maximum absolute atomic E-state index is 15.8. The Hall–Kier alpha value is -3.95. The summed E-state index contributed by atoms with van der Waals surface area (Å²) in [6.45, 7) is 6.70. The van der Waals surface area contributed by atoms with Gasteiger partial charge < -0.3 is 20.0 Å². The zero-order valence-corrected chi connectivity index (χ0v) is 21.7. The fourth-order valence-corrected chi connectivity index (χ4v) is 6.09. The summed E-state index contributed by atoms with van der Waals surface area (Å²) in [5, 5.41) is 10.2. The molecule has 0 bridgehead atoms. The molecule has 1 aromatic carbocycles. The second-order valence-corrected chi connectivity index (χ2v) is 11.1. The van der Waals surface area contributed by atoms with Crippen molar-refractivity contribution < 1.29 is 14.0 Å². The van der Waals surface area contributed by atoms with E-state index in [-0.39, 0.29) is 34.8 Å². The van der Waals surface area contributed by atoms with Crippen LogP contribution in [0.3, 0.4) is 0 Å². The van der Waals surface area contributed by atoms with Crippen molar-refractivity contribution in [2.75, 3.05) is 36.4 Å². The number of aromatic amines is 1. The third-order valence-corrected chi connectivity index (χ3v) is 8.08.